The van der Waals surface area contributed by atoms with Gasteiger partial charge in [0.2, 0.25) is 0 Å². The van der Waals surface area contributed by atoms with E-state index in [1.165, 1.54) is 5.56 Å². The van der Waals surface area contributed by atoms with Gasteiger partial charge in [0.1, 0.15) is 5.82 Å². The Hall–Kier alpha value is -0.540. The predicted molar refractivity (Wildman–Crippen MR) is 79.9 cm³/mol. The lowest BCUT2D eigenvalue weighted by Crippen LogP contribution is -2.33. The summed E-state index contributed by atoms with van der Waals surface area (Å²) in [6, 6.07) is 5.55. The van der Waals surface area contributed by atoms with Crippen LogP contribution in [-0.4, -0.2) is 23.6 Å². The third-order valence-corrected chi connectivity index (χ3v) is 4.16. The molecule has 0 aliphatic carbocycles. The summed E-state index contributed by atoms with van der Waals surface area (Å²) >= 11 is 1.97. The Kier molecular flexibility index (Phi) is 6.72. The predicted octanol–water partition coefficient (Wildman–Crippen LogP) is 3.80. The minimum absolute atomic E-state index is 0.146. The molecule has 0 radical (unpaired) electrons. The van der Waals surface area contributed by atoms with Gasteiger partial charge in [-0.3, -0.25) is 0 Å². The molecule has 1 rings (SSSR count). The highest BCUT2D eigenvalue weighted by atomic mass is 32.2. The fourth-order valence-corrected chi connectivity index (χ4v) is 2.79. The van der Waals surface area contributed by atoms with Crippen molar-refractivity contribution < 1.29 is 4.39 Å². The molecule has 3 heteroatoms. The van der Waals surface area contributed by atoms with Crippen molar-refractivity contribution in [2.45, 2.75) is 45.4 Å². The van der Waals surface area contributed by atoms with Gasteiger partial charge in [0, 0.05) is 11.8 Å². The smallest absolute Gasteiger partial charge is 0.123 e. The standard InChI is InChI=1S/C15H24FNS/c1-5-17-15(10-18-11(2)3)9-13-6-7-14(16)8-12(13)4/h6-8,11,15,17H,5,9-10H2,1-4H3. The van der Waals surface area contributed by atoms with E-state index in [4.69, 9.17) is 0 Å². The Labute approximate surface area is 115 Å². The average molecular weight is 269 g/mol. The van der Waals surface area contributed by atoms with Crippen LogP contribution in [0.3, 0.4) is 0 Å². The average Bonchev–Trinajstić information content (AvgIpc) is 2.29. The van der Waals surface area contributed by atoms with Gasteiger partial charge in [0.25, 0.3) is 0 Å². The van der Waals surface area contributed by atoms with E-state index in [2.05, 4.69) is 26.1 Å². The topological polar surface area (TPSA) is 12.0 Å². The second-order valence-corrected chi connectivity index (χ2v) is 6.52. The number of rotatable bonds is 7. The van der Waals surface area contributed by atoms with Crippen molar-refractivity contribution >= 4 is 11.8 Å². The first-order chi connectivity index (χ1) is 8.52. The fourth-order valence-electron chi connectivity index (χ4n) is 1.94. The van der Waals surface area contributed by atoms with Crippen LogP contribution in [-0.2, 0) is 6.42 Å². The van der Waals surface area contributed by atoms with E-state index in [1.54, 1.807) is 12.1 Å². The summed E-state index contributed by atoms with van der Waals surface area (Å²) in [6.07, 6.45) is 0.972. The summed E-state index contributed by atoms with van der Waals surface area (Å²) < 4.78 is 13.1. The lowest BCUT2D eigenvalue weighted by atomic mass is 10.0. The Balaban J connectivity index is 2.64. The maximum Gasteiger partial charge on any atom is 0.123 e. The van der Waals surface area contributed by atoms with Gasteiger partial charge in [-0.1, -0.05) is 26.8 Å². The zero-order valence-electron chi connectivity index (χ0n) is 11.8. The molecule has 0 aliphatic heterocycles. The highest BCUT2D eigenvalue weighted by molar-refractivity contribution is 7.99. The number of benzene rings is 1. The van der Waals surface area contributed by atoms with Crippen molar-refractivity contribution in [1.82, 2.24) is 5.32 Å². The van der Waals surface area contributed by atoms with Crippen LogP contribution in [0.2, 0.25) is 0 Å². The van der Waals surface area contributed by atoms with Crippen LogP contribution in [0.5, 0.6) is 0 Å². The molecule has 0 aliphatic rings. The first-order valence-corrected chi connectivity index (χ1v) is 7.67. The Morgan fingerprint density at radius 1 is 1.33 bits per heavy atom. The molecule has 1 N–H and O–H groups in total. The zero-order chi connectivity index (χ0) is 13.5. The van der Waals surface area contributed by atoms with Gasteiger partial charge >= 0.3 is 0 Å². The van der Waals surface area contributed by atoms with Crippen LogP contribution in [0.4, 0.5) is 4.39 Å². The van der Waals surface area contributed by atoms with Gasteiger partial charge in [0.15, 0.2) is 0 Å². The summed E-state index contributed by atoms with van der Waals surface area (Å²) in [5.41, 5.74) is 2.29. The van der Waals surface area contributed by atoms with Gasteiger partial charge in [-0.2, -0.15) is 11.8 Å². The van der Waals surface area contributed by atoms with Gasteiger partial charge in [-0.25, -0.2) is 4.39 Å². The van der Waals surface area contributed by atoms with Crippen LogP contribution in [0.1, 0.15) is 31.9 Å². The van der Waals surface area contributed by atoms with Crippen LogP contribution >= 0.6 is 11.8 Å². The van der Waals surface area contributed by atoms with Crippen molar-refractivity contribution in [2.24, 2.45) is 0 Å². The number of hydrogen-bond donors (Lipinski definition) is 1. The number of halogens is 1. The summed E-state index contributed by atoms with van der Waals surface area (Å²) in [6.45, 7) is 9.53. The van der Waals surface area contributed by atoms with Gasteiger partial charge in [0.05, 0.1) is 0 Å². The van der Waals surface area contributed by atoms with Crippen LogP contribution in [0, 0.1) is 12.7 Å². The number of thioether (sulfide) groups is 1. The first-order valence-electron chi connectivity index (χ1n) is 6.63. The second-order valence-electron chi connectivity index (χ2n) is 4.91. The molecule has 0 saturated carbocycles. The quantitative estimate of drug-likeness (QED) is 0.808. The zero-order valence-corrected chi connectivity index (χ0v) is 12.6. The van der Waals surface area contributed by atoms with Crippen LogP contribution in [0.15, 0.2) is 18.2 Å². The first kappa shape index (κ1) is 15.5. The Bertz CT molecular complexity index is 366. The molecule has 102 valence electrons. The molecule has 18 heavy (non-hydrogen) atoms. The third-order valence-electron chi connectivity index (χ3n) is 2.89. The van der Waals surface area contributed by atoms with Crippen LogP contribution in [0.25, 0.3) is 0 Å². The van der Waals surface area contributed by atoms with Crippen molar-refractivity contribution in [3.63, 3.8) is 0 Å². The second kappa shape index (κ2) is 7.80. The van der Waals surface area contributed by atoms with E-state index in [0.29, 0.717) is 11.3 Å². The minimum Gasteiger partial charge on any atom is -0.313 e. The molecule has 1 nitrogen and oxygen atoms in total. The minimum atomic E-state index is -0.146. The number of nitrogens with one attached hydrogen (secondary N) is 1. The van der Waals surface area contributed by atoms with Crippen molar-refractivity contribution in [3.05, 3.63) is 35.1 Å². The summed E-state index contributed by atoms with van der Waals surface area (Å²) in [5.74, 6) is 0.954. The lowest BCUT2D eigenvalue weighted by molar-refractivity contribution is 0.569. The molecule has 0 spiro atoms. The van der Waals surface area contributed by atoms with Crippen molar-refractivity contribution in [1.29, 1.82) is 0 Å². The number of aryl methyl sites for hydroxylation is 1. The molecule has 0 amide bonds. The molecule has 0 saturated heterocycles. The fraction of sp³-hybridized carbons (Fsp3) is 0.600. The third kappa shape index (κ3) is 5.40. The maximum absolute atomic E-state index is 13.1. The van der Waals surface area contributed by atoms with Gasteiger partial charge in [-0.15, -0.1) is 0 Å². The SMILES string of the molecule is CCNC(CSC(C)C)Cc1ccc(F)cc1C. The lowest BCUT2D eigenvalue weighted by Gasteiger charge is -2.19. The van der Waals surface area contributed by atoms with Gasteiger partial charge in [-0.05, 0) is 48.4 Å². The highest BCUT2D eigenvalue weighted by Gasteiger charge is 2.11. The summed E-state index contributed by atoms with van der Waals surface area (Å²) in [4.78, 5) is 0. The monoisotopic (exact) mass is 269 g/mol. The number of hydrogen-bond acceptors (Lipinski definition) is 2. The molecule has 1 aromatic carbocycles. The van der Waals surface area contributed by atoms with E-state index in [0.717, 1.165) is 24.3 Å². The Morgan fingerprint density at radius 3 is 2.61 bits per heavy atom. The number of likely N-dealkylation sites (N-methyl/N-ethyl adjacent to an activating group) is 1. The summed E-state index contributed by atoms with van der Waals surface area (Å²) in [5, 5.41) is 4.17. The Morgan fingerprint density at radius 2 is 2.06 bits per heavy atom. The molecular formula is C15H24FNS. The van der Waals surface area contributed by atoms with Crippen molar-refractivity contribution in [3.8, 4) is 0 Å². The molecule has 1 atom stereocenters. The molecular weight excluding hydrogens is 245 g/mol. The molecule has 1 unspecified atom stereocenters. The molecule has 0 fully saturated rings. The van der Waals surface area contributed by atoms with E-state index < -0.39 is 0 Å². The molecule has 1 aromatic rings. The van der Waals surface area contributed by atoms with E-state index in [9.17, 15) is 4.39 Å². The molecule has 0 bridgehead atoms. The van der Waals surface area contributed by atoms with E-state index in [1.807, 2.05) is 24.8 Å². The maximum atomic E-state index is 13.1. The van der Waals surface area contributed by atoms with Crippen LogP contribution < -0.4 is 5.32 Å². The summed E-state index contributed by atoms with van der Waals surface area (Å²) in [7, 11) is 0. The van der Waals surface area contributed by atoms with Crippen molar-refractivity contribution in [2.75, 3.05) is 12.3 Å². The largest absolute Gasteiger partial charge is 0.313 e. The molecule has 0 heterocycles. The normalized spacial score (nSPS) is 13.0. The molecule has 0 aromatic heterocycles. The van der Waals surface area contributed by atoms with Gasteiger partial charge < -0.3 is 5.32 Å². The van der Waals surface area contributed by atoms with E-state index in [-0.39, 0.29) is 5.82 Å². The highest BCUT2D eigenvalue weighted by Crippen LogP contribution is 2.16. The van der Waals surface area contributed by atoms with E-state index >= 15 is 0 Å².